The van der Waals surface area contributed by atoms with E-state index in [1.54, 1.807) is 36.4 Å². The zero-order valence-electron chi connectivity index (χ0n) is 13.5. The molecule has 24 heavy (non-hydrogen) atoms. The van der Waals surface area contributed by atoms with Gasteiger partial charge in [0.05, 0.1) is 0 Å². The van der Waals surface area contributed by atoms with E-state index in [0.717, 1.165) is 5.56 Å². The zero-order valence-corrected chi connectivity index (χ0v) is 15.0. The van der Waals surface area contributed by atoms with Crippen LogP contribution >= 0.6 is 23.2 Å². The monoisotopic (exact) mass is 364 g/mol. The summed E-state index contributed by atoms with van der Waals surface area (Å²) in [4.78, 5) is 25.6. The molecule has 0 atom stereocenters. The van der Waals surface area contributed by atoms with Crippen molar-refractivity contribution in [1.29, 1.82) is 0 Å². The Balaban J connectivity index is 2.03. The standard InChI is InChI=1S/C18H18Cl2N2O2/c1-12-6-7-15(20)11-17(12)21-18(24)8-9-22(13(2)23)16-5-3-4-14(19)10-16/h3-7,10-11H,8-9H2,1-2H3,(H,21,24). The van der Waals surface area contributed by atoms with Crippen LogP contribution in [0.4, 0.5) is 11.4 Å². The normalized spacial score (nSPS) is 10.3. The predicted octanol–water partition coefficient (Wildman–Crippen LogP) is 4.68. The predicted molar refractivity (Wildman–Crippen MR) is 98.9 cm³/mol. The molecular weight excluding hydrogens is 347 g/mol. The Labute approximate surface area is 151 Å². The highest BCUT2D eigenvalue weighted by atomic mass is 35.5. The molecule has 2 aromatic carbocycles. The van der Waals surface area contributed by atoms with Crippen LogP contribution in [0, 0.1) is 6.92 Å². The number of benzene rings is 2. The molecule has 0 unspecified atom stereocenters. The van der Waals surface area contributed by atoms with Crippen molar-refractivity contribution in [1.82, 2.24) is 0 Å². The Morgan fingerprint density at radius 3 is 2.46 bits per heavy atom. The van der Waals surface area contributed by atoms with Crippen LogP contribution in [0.1, 0.15) is 18.9 Å². The first kappa shape index (κ1) is 18.3. The third-order valence-electron chi connectivity index (χ3n) is 3.54. The van der Waals surface area contributed by atoms with E-state index in [1.165, 1.54) is 11.8 Å². The Morgan fingerprint density at radius 2 is 1.79 bits per heavy atom. The SMILES string of the molecule is CC(=O)N(CCC(=O)Nc1cc(Cl)ccc1C)c1cccc(Cl)c1. The largest absolute Gasteiger partial charge is 0.326 e. The lowest BCUT2D eigenvalue weighted by molar-refractivity contribution is -0.117. The van der Waals surface area contributed by atoms with Gasteiger partial charge in [-0.25, -0.2) is 0 Å². The third-order valence-corrected chi connectivity index (χ3v) is 4.01. The summed E-state index contributed by atoms with van der Waals surface area (Å²) < 4.78 is 0. The maximum absolute atomic E-state index is 12.2. The number of aryl methyl sites for hydroxylation is 1. The van der Waals surface area contributed by atoms with Gasteiger partial charge >= 0.3 is 0 Å². The van der Waals surface area contributed by atoms with Crippen LogP contribution in [0.15, 0.2) is 42.5 Å². The average Bonchev–Trinajstić information content (AvgIpc) is 2.51. The van der Waals surface area contributed by atoms with Crippen LogP contribution < -0.4 is 10.2 Å². The van der Waals surface area contributed by atoms with Crippen LogP contribution in [0.2, 0.25) is 10.0 Å². The summed E-state index contributed by atoms with van der Waals surface area (Å²) in [5.74, 6) is -0.336. The summed E-state index contributed by atoms with van der Waals surface area (Å²) in [6.45, 7) is 3.61. The van der Waals surface area contributed by atoms with Crippen molar-refractivity contribution >= 4 is 46.4 Å². The van der Waals surface area contributed by atoms with Gasteiger partial charge in [-0.1, -0.05) is 35.3 Å². The molecule has 6 heteroatoms. The number of nitrogens with one attached hydrogen (secondary N) is 1. The summed E-state index contributed by atoms with van der Waals surface area (Å²) in [5.41, 5.74) is 2.26. The molecule has 2 rings (SSSR count). The van der Waals surface area contributed by atoms with E-state index < -0.39 is 0 Å². The molecular formula is C18H18Cl2N2O2. The number of nitrogens with zero attached hydrogens (tertiary/aromatic N) is 1. The van der Waals surface area contributed by atoms with E-state index in [-0.39, 0.29) is 24.8 Å². The zero-order chi connectivity index (χ0) is 17.7. The molecule has 0 aliphatic rings. The minimum atomic E-state index is -0.186. The second-order valence-electron chi connectivity index (χ2n) is 5.41. The second kappa shape index (κ2) is 8.18. The van der Waals surface area contributed by atoms with Crippen molar-refractivity contribution in [3.63, 3.8) is 0 Å². The summed E-state index contributed by atoms with van der Waals surface area (Å²) in [6.07, 6.45) is 0.165. The number of hydrogen-bond acceptors (Lipinski definition) is 2. The van der Waals surface area contributed by atoms with Gasteiger partial charge in [0, 0.05) is 41.3 Å². The molecule has 1 N–H and O–H groups in total. The van der Waals surface area contributed by atoms with Gasteiger partial charge in [-0.15, -0.1) is 0 Å². The molecule has 0 bridgehead atoms. The number of amides is 2. The molecule has 0 radical (unpaired) electrons. The van der Waals surface area contributed by atoms with E-state index in [2.05, 4.69) is 5.32 Å². The van der Waals surface area contributed by atoms with Crippen molar-refractivity contribution in [3.8, 4) is 0 Å². The van der Waals surface area contributed by atoms with Crippen molar-refractivity contribution in [3.05, 3.63) is 58.1 Å². The van der Waals surface area contributed by atoms with Crippen LogP contribution in [0.3, 0.4) is 0 Å². The minimum Gasteiger partial charge on any atom is -0.326 e. The van der Waals surface area contributed by atoms with E-state index in [1.807, 2.05) is 13.0 Å². The Hall–Kier alpha value is -2.04. The van der Waals surface area contributed by atoms with Gasteiger partial charge in [0.15, 0.2) is 0 Å². The fourth-order valence-corrected chi connectivity index (χ4v) is 2.62. The molecule has 0 heterocycles. The maximum atomic E-state index is 12.2. The minimum absolute atomic E-state index is 0.149. The van der Waals surface area contributed by atoms with Crippen molar-refractivity contribution in [2.45, 2.75) is 20.3 Å². The first-order chi connectivity index (χ1) is 11.4. The first-order valence-electron chi connectivity index (χ1n) is 7.46. The molecule has 0 fully saturated rings. The molecule has 0 spiro atoms. The fraction of sp³-hybridized carbons (Fsp3) is 0.222. The highest BCUT2D eigenvalue weighted by molar-refractivity contribution is 6.31. The maximum Gasteiger partial charge on any atom is 0.226 e. The number of carbonyl (C=O) groups is 2. The van der Waals surface area contributed by atoms with E-state index in [0.29, 0.717) is 21.4 Å². The molecule has 0 aliphatic heterocycles. The van der Waals surface area contributed by atoms with E-state index in [9.17, 15) is 9.59 Å². The van der Waals surface area contributed by atoms with E-state index >= 15 is 0 Å². The fourth-order valence-electron chi connectivity index (χ4n) is 2.27. The van der Waals surface area contributed by atoms with Gasteiger partial charge in [-0.05, 0) is 42.8 Å². The first-order valence-corrected chi connectivity index (χ1v) is 8.22. The molecule has 4 nitrogen and oxygen atoms in total. The van der Waals surface area contributed by atoms with E-state index in [4.69, 9.17) is 23.2 Å². The van der Waals surface area contributed by atoms with Gasteiger partial charge in [0.2, 0.25) is 11.8 Å². The molecule has 0 saturated carbocycles. The topological polar surface area (TPSA) is 49.4 Å². The van der Waals surface area contributed by atoms with Crippen LogP contribution in [0.5, 0.6) is 0 Å². The number of anilines is 2. The number of rotatable bonds is 5. The quantitative estimate of drug-likeness (QED) is 0.836. The van der Waals surface area contributed by atoms with Gasteiger partial charge in [0.1, 0.15) is 0 Å². The Kier molecular flexibility index (Phi) is 6.23. The average molecular weight is 365 g/mol. The highest BCUT2D eigenvalue weighted by Gasteiger charge is 2.14. The third kappa shape index (κ3) is 4.98. The summed E-state index contributed by atoms with van der Waals surface area (Å²) in [6, 6.07) is 12.3. The number of halogens is 2. The van der Waals surface area contributed by atoms with Gasteiger partial charge in [-0.3, -0.25) is 9.59 Å². The molecule has 2 amide bonds. The number of hydrogen-bond donors (Lipinski definition) is 1. The molecule has 0 saturated heterocycles. The molecule has 0 aromatic heterocycles. The number of carbonyl (C=O) groups excluding carboxylic acids is 2. The van der Waals surface area contributed by atoms with Crippen LogP contribution in [0.25, 0.3) is 0 Å². The second-order valence-corrected chi connectivity index (χ2v) is 6.28. The summed E-state index contributed by atoms with van der Waals surface area (Å²) in [7, 11) is 0. The van der Waals surface area contributed by atoms with Crippen molar-refractivity contribution in [2.24, 2.45) is 0 Å². The van der Waals surface area contributed by atoms with Crippen LogP contribution in [-0.4, -0.2) is 18.4 Å². The highest BCUT2D eigenvalue weighted by Crippen LogP contribution is 2.22. The Bertz CT molecular complexity index is 762. The molecule has 126 valence electrons. The lowest BCUT2D eigenvalue weighted by atomic mass is 10.2. The summed E-state index contributed by atoms with van der Waals surface area (Å²) in [5, 5.41) is 3.92. The van der Waals surface area contributed by atoms with Gasteiger partial charge in [0.25, 0.3) is 0 Å². The van der Waals surface area contributed by atoms with Crippen LogP contribution in [-0.2, 0) is 9.59 Å². The van der Waals surface area contributed by atoms with Gasteiger partial charge in [-0.2, -0.15) is 0 Å². The Morgan fingerprint density at radius 1 is 1.08 bits per heavy atom. The van der Waals surface area contributed by atoms with Crippen molar-refractivity contribution < 1.29 is 9.59 Å². The summed E-state index contributed by atoms with van der Waals surface area (Å²) >= 11 is 11.9. The smallest absolute Gasteiger partial charge is 0.226 e. The lowest BCUT2D eigenvalue weighted by Gasteiger charge is -2.21. The molecule has 0 aliphatic carbocycles. The lowest BCUT2D eigenvalue weighted by Crippen LogP contribution is -2.32. The van der Waals surface area contributed by atoms with Crippen molar-refractivity contribution in [2.75, 3.05) is 16.8 Å². The van der Waals surface area contributed by atoms with Gasteiger partial charge < -0.3 is 10.2 Å². The molecule has 2 aromatic rings.